The molecule has 0 aliphatic carbocycles. The van der Waals surface area contributed by atoms with Gasteiger partial charge in [0.15, 0.2) is 0 Å². The highest BCUT2D eigenvalue weighted by Crippen LogP contribution is 2.36. The molecule has 0 atom stereocenters. The normalized spacial score (nSPS) is 19.8. The summed E-state index contributed by atoms with van der Waals surface area (Å²) in [6.07, 6.45) is 0. The van der Waals surface area contributed by atoms with Gasteiger partial charge in [0.2, 0.25) is 0 Å². The molecule has 0 aromatic heterocycles. The smallest absolute Gasteiger partial charge is 0.370 e. The lowest BCUT2D eigenvalue weighted by Crippen LogP contribution is -2.58. The number of ether oxygens (including phenoxy) is 3. The molecule has 1 aromatic carbocycles. The summed E-state index contributed by atoms with van der Waals surface area (Å²) in [5.74, 6) is -4.13. The van der Waals surface area contributed by atoms with Crippen molar-refractivity contribution in [3.05, 3.63) is 35.9 Å². The van der Waals surface area contributed by atoms with Crippen molar-refractivity contribution in [1.29, 1.82) is 0 Å². The third kappa shape index (κ3) is 2.24. The summed E-state index contributed by atoms with van der Waals surface area (Å²) in [5, 5.41) is 0. The summed E-state index contributed by atoms with van der Waals surface area (Å²) in [4.78, 5) is 35.9. The maximum Gasteiger partial charge on any atom is 0.370 e. The molecule has 2 rings (SSSR count). The molecular weight excluding hydrogens is 264 g/mol. The van der Waals surface area contributed by atoms with Crippen molar-refractivity contribution in [3.8, 4) is 0 Å². The zero-order valence-electron chi connectivity index (χ0n) is 11.3. The van der Waals surface area contributed by atoms with Crippen LogP contribution in [0.5, 0.6) is 0 Å². The fourth-order valence-corrected chi connectivity index (χ4v) is 1.96. The zero-order valence-corrected chi connectivity index (χ0v) is 11.3. The van der Waals surface area contributed by atoms with Crippen molar-refractivity contribution < 1.29 is 28.6 Å². The minimum absolute atomic E-state index is 0.181. The number of hydrogen-bond donors (Lipinski definition) is 0. The lowest BCUT2D eigenvalue weighted by atomic mass is 9.92. The number of esters is 3. The Bertz CT molecular complexity index is 540. The van der Waals surface area contributed by atoms with Gasteiger partial charge in [-0.3, -0.25) is 4.79 Å². The van der Waals surface area contributed by atoms with Crippen LogP contribution in [0.4, 0.5) is 0 Å². The lowest BCUT2D eigenvalue weighted by Gasteiger charge is -2.39. The molecule has 0 amide bonds. The third-order valence-corrected chi connectivity index (χ3v) is 2.73. The van der Waals surface area contributed by atoms with E-state index in [-0.39, 0.29) is 5.56 Å². The van der Waals surface area contributed by atoms with Gasteiger partial charge in [0.05, 0.1) is 0 Å². The van der Waals surface area contributed by atoms with E-state index in [1.165, 1.54) is 26.0 Å². The predicted molar refractivity (Wildman–Crippen MR) is 66.1 cm³/mol. The van der Waals surface area contributed by atoms with Crippen LogP contribution in [0.3, 0.4) is 0 Å². The summed E-state index contributed by atoms with van der Waals surface area (Å²) in [7, 11) is 0. The minimum Gasteiger partial charge on any atom is -0.430 e. The third-order valence-electron chi connectivity index (χ3n) is 2.73. The first-order valence-corrected chi connectivity index (χ1v) is 6.00. The van der Waals surface area contributed by atoms with Gasteiger partial charge in [-0.05, 0) is 0 Å². The van der Waals surface area contributed by atoms with Crippen LogP contribution in [-0.4, -0.2) is 23.7 Å². The van der Waals surface area contributed by atoms with E-state index in [1.54, 1.807) is 18.2 Å². The molecule has 1 fully saturated rings. The molecule has 1 aliphatic rings. The van der Waals surface area contributed by atoms with Crippen molar-refractivity contribution in [2.24, 2.45) is 0 Å². The Labute approximate surface area is 115 Å². The average Bonchev–Trinajstić information content (AvgIpc) is 2.33. The molecule has 0 unspecified atom stereocenters. The molecule has 1 saturated heterocycles. The van der Waals surface area contributed by atoms with E-state index in [1.807, 2.05) is 0 Å². The van der Waals surface area contributed by atoms with E-state index in [0.29, 0.717) is 0 Å². The van der Waals surface area contributed by atoms with Crippen LogP contribution in [0.25, 0.3) is 0 Å². The Morgan fingerprint density at radius 2 is 1.55 bits per heavy atom. The van der Waals surface area contributed by atoms with Crippen molar-refractivity contribution in [3.63, 3.8) is 0 Å². The van der Waals surface area contributed by atoms with Crippen molar-refractivity contribution in [2.45, 2.75) is 32.2 Å². The monoisotopic (exact) mass is 278 g/mol. The molecule has 0 radical (unpaired) electrons. The fourth-order valence-electron chi connectivity index (χ4n) is 1.96. The topological polar surface area (TPSA) is 78.9 Å². The molecule has 6 heteroatoms. The number of carbonyl (C=O) groups is 3. The highest BCUT2D eigenvalue weighted by molar-refractivity contribution is 6.07. The van der Waals surface area contributed by atoms with Gasteiger partial charge >= 0.3 is 23.5 Å². The molecule has 0 N–H and O–H groups in total. The zero-order chi connectivity index (χ0) is 15.0. The van der Waals surface area contributed by atoms with Crippen molar-refractivity contribution in [1.82, 2.24) is 0 Å². The highest BCUT2D eigenvalue weighted by Gasteiger charge is 2.60. The Balaban J connectivity index is 2.56. The minimum atomic E-state index is -2.21. The maximum atomic E-state index is 12.3. The molecule has 6 nitrogen and oxygen atoms in total. The van der Waals surface area contributed by atoms with Crippen LogP contribution in [0, 0.1) is 0 Å². The van der Waals surface area contributed by atoms with Gasteiger partial charge in [-0.1, -0.05) is 30.3 Å². The van der Waals surface area contributed by atoms with E-state index in [2.05, 4.69) is 0 Å². The first-order chi connectivity index (χ1) is 9.28. The first-order valence-electron chi connectivity index (χ1n) is 6.00. The van der Waals surface area contributed by atoms with Gasteiger partial charge in [-0.15, -0.1) is 0 Å². The first kappa shape index (κ1) is 14.0. The molecular formula is C14H14O6. The molecule has 1 heterocycles. The quantitative estimate of drug-likeness (QED) is 0.599. The second-order valence-electron chi connectivity index (χ2n) is 4.82. The summed E-state index contributed by atoms with van der Waals surface area (Å²) >= 11 is 0. The fraction of sp³-hybridized carbons (Fsp3) is 0.357. The molecule has 0 spiro atoms. The number of benzene rings is 1. The summed E-state index contributed by atoms with van der Waals surface area (Å²) in [5.41, 5.74) is -2.02. The van der Waals surface area contributed by atoms with E-state index in [9.17, 15) is 14.4 Å². The number of cyclic esters (lactones) is 2. The van der Waals surface area contributed by atoms with Crippen molar-refractivity contribution in [2.75, 3.05) is 0 Å². The highest BCUT2D eigenvalue weighted by atomic mass is 16.8. The summed E-state index contributed by atoms with van der Waals surface area (Å²) < 4.78 is 15.1. The van der Waals surface area contributed by atoms with Gasteiger partial charge in [0.1, 0.15) is 0 Å². The Kier molecular flexibility index (Phi) is 3.25. The number of rotatable bonds is 2. The number of hydrogen-bond acceptors (Lipinski definition) is 6. The van der Waals surface area contributed by atoms with Gasteiger partial charge in [0.25, 0.3) is 5.79 Å². The molecule has 0 saturated carbocycles. The Hall–Kier alpha value is -2.37. The Morgan fingerprint density at radius 3 is 2.00 bits per heavy atom. The van der Waals surface area contributed by atoms with Crippen molar-refractivity contribution >= 4 is 17.9 Å². The largest absolute Gasteiger partial charge is 0.430 e. The van der Waals surface area contributed by atoms with Crippen LogP contribution in [0.2, 0.25) is 0 Å². The van der Waals surface area contributed by atoms with E-state index >= 15 is 0 Å². The van der Waals surface area contributed by atoms with Crippen LogP contribution in [0.15, 0.2) is 30.3 Å². The second-order valence-corrected chi connectivity index (χ2v) is 4.82. The average molecular weight is 278 g/mol. The van der Waals surface area contributed by atoms with Crippen LogP contribution >= 0.6 is 0 Å². The van der Waals surface area contributed by atoms with Gasteiger partial charge in [-0.2, -0.15) is 0 Å². The molecule has 20 heavy (non-hydrogen) atoms. The van der Waals surface area contributed by atoms with Gasteiger partial charge in [0, 0.05) is 26.3 Å². The van der Waals surface area contributed by atoms with Crippen LogP contribution in [0.1, 0.15) is 26.3 Å². The summed E-state index contributed by atoms with van der Waals surface area (Å²) in [6.45, 7) is 3.95. The van der Waals surface area contributed by atoms with Gasteiger partial charge < -0.3 is 14.2 Å². The molecule has 1 aliphatic heterocycles. The lowest BCUT2D eigenvalue weighted by molar-refractivity contribution is -0.265. The summed E-state index contributed by atoms with van der Waals surface area (Å²) in [6, 6.07) is 7.91. The van der Waals surface area contributed by atoms with Gasteiger partial charge in [-0.25, -0.2) is 9.59 Å². The molecule has 1 aromatic rings. The van der Waals surface area contributed by atoms with E-state index in [0.717, 1.165) is 6.92 Å². The number of carbonyl (C=O) groups excluding carboxylic acids is 3. The standard InChI is InChI=1S/C14H14O6/c1-9(15)18-14(10-7-5-4-6-8-10)11(16)19-13(2,3)20-12(14)17/h4-8H,1-3H3. The van der Waals surface area contributed by atoms with E-state index in [4.69, 9.17) is 14.2 Å². The van der Waals surface area contributed by atoms with Crippen LogP contribution in [-0.2, 0) is 34.2 Å². The molecule has 0 bridgehead atoms. The van der Waals surface area contributed by atoms with Crippen LogP contribution < -0.4 is 0 Å². The predicted octanol–water partition coefficient (Wildman–Crippen LogP) is 1.28. The SMILES string of the molecule is CC(=O)OC1(c2ccccc2)C(=O)OC(C)(C)OC1=O. The molecule has 106 valence electrons. The maximum absolute atomic E-state index is 12.3. The van der Waals surface area contributed by atoms with E-state index < -0.39 is 29.3 Å². The second kappa shape index (κ2) is 4.63. The Morgan fingerprint density at radius 1 is 1.05 bits per heavy atom.